The number of thioether (sulfide) groups is 4. The highest BCUT2D eigenvalue weighted by molar-refractivity contribution is 8.05. The maximum atomic E-state index is 6.85. The molecule has 0 unspecified atom stereocenters. The molecular formula is C35H34Cl4O2S4. The molecule has 0 spiro atoms. The first-order chi connectivity index (χ1) is 21.9. The first-order valence-corrected chi connectivity index (χ1v) is 20.3. The van der Waals surface area contributed by atoms with E-state index in [4.69, 9.17) is 55.9 Å². The minimum absolute atomic E-state index is 0.000324. The smallest absolute Gasteiger partial charge is 0.170 e. The van der Waals surface area contributed by atoms with E-state index in [1.54, 1.807) is 7.11 Å². The van der Waals surface area contributed by atoms with Gasteiger partial charge in [0, 0.05) is 66.5 Å². The second kappa shape index (κ2) is 18.2. The van der Waals surface area contributed by atoms with Crippen molar-refractivity contribution in [1.82, 2.24) is 0 Å². The Bertz CT molecular complexity index is 1460. The highest BCUT2D eigenvalue weighted by atomic mass is 35.5. The molecule has 2 nitrogen and oxygen atoms in total. The molecule has 0 radical (unpaired) electrons. The zero-order valence-corrected chi connectivity index (χ0v) is 30.9. The molecule has 0 bridgehead atoms. The SMILES string of the molecule is CO[C@H]1O[C@H](CSCc2ccc(Cl)cc2)[C@H](SCc2ccc(Cl)cc2)[C@@H](SCc2ccc(Cl)cc2)[C@@H]1SCc1ccc(Cl)cc1. The summed E-state index contributed by atoms with van der Waals surface area (Å²) in [4.78, 5) is 0. The van der Waals surface area contributed by atoms with Crippen LogP contribution in [0.3, 0.4) is 0 Å². The summed E-state index contributed by atoms with van der Waals surface area (Å²) >= 11 is 32.5. The topological polar surface area (TPSA) is 18.5 Å². The maximum Gasteiger partial charge on any atom is 0.170 e. The maximum absolute atomic E-state index is 6.85. The van der Waals surface area contributed by atoms with Gasteiger partial charge in [0.1, 0.15) is 0 Å². The Morgan fingerprint density at radius 2 is 0.867 bits per heavy atom. The molecule has 5 atom stereocenters. The number of hydrogen-bond donors (Lipinski definition) is 0. The van der Waals surface area contributed by atoms with Gasteiger partial charge in [-0.2, -0.15) is 23.5 Å². The van der Waals surface area contributed by atoms with Gasteiger partial charge in [-0.1, -0.05) is 94.9 Å². The Balaban J connectivity index is 1.40. The standard InChI is InChI=1S/C35H34Cl4O2S4/c1-40-35-34(45-21-26-8-16-30(39)17-9-26)33(44-20-25-6-14-29(38)15-7-25)32(43-19-24-4-12-28(37)13-5-24)31(41-35)22-42-18-23-2-10-27(36)11-3-23/h2-17,31-35H,18-22H2,1H3/t31-,32+,33-,34+,35+/m1/s1. The second-order valence-corrected chi connectivity index (χ2v) is 16.9. The molecule has 4 aromatic carbocycles. The molecular weight excluding hydrogens is 722 g/mol. The fraction of sp³-hybridized carbons (Fsp3) is 0.314. The van der Waals surface area contributed by atoms with Crippen molar-refractivity contribution in [3.05, 3.63) is 139 Å². The van der Waals surface area contributed by atoms with Gasteiger partial charge in [-0.15, -0.1) is 23.5 Å². The van der Waals surface area contributed by atoms with Crippen LogP contribution in [0.4, 0.5) is 0 Å². The van der Waals surface area contributed by atoms with E-state index in [1.165, 1.54) is 22.3 Å². The van der Waals surface area contributed by atoms with Crippen molar-refractivity contribution >= 4 is 93.5 Å². The Morgan fingerprint density at radius 3 is 1.27 bits per heavy atom. The highest BCUT2D eigenvalue weighted by Gasteiger charge is 2.46. The monoisotopic (exact) mass is 754 g/mol. The number of halogens is 4. The van der Waals surface area contributed by atoms with E-state index < -0.39 is 0 Å². The van der Waals surface area contributed by atoms with Gasteiger partial charge in [0.2, 0.25) is 0 Å². The van der Waals surface area contributed by atoms with Crippen molar-refractivity contribution in [3.8, 4) is 0 Å². The van der Waals surface area contributed by atoms with E-state index in [1.807, 2.05) is 95.6 Å². The molecule has 0 saturated carbocycles. The number of rotatable bonds is 14. The van der Waals surface area contributed by atoms with Crippen LogP contribution in [0.5, 0.6) is 0 Å². The molecule has 1 aliphatic rings. The van der Waals surface area contributed by atoms with Gasteiger partial charge in [0.15, 0.2) is 6.29 Å². The third-order valence-corrected chi connectivity index (χ3v) is 14.2. The van der Waals surface area contributed by atoms with Crippen molar-refractivity contribution in [2.75, 3.05) is 12.9 Å². The van der Waals surface area contributed by atoms with Crippen molar-refractivity contribution in [1.29, 1.82) is 0 Å². The Labute approximate surface area is 304 Å². The Morgan fingerprint density at radius 1 is 0.511 bits per heavy atom. The van der Waals surface area contributed by atoms with Gasteiger partial charge in [0.25, 0.3) is 0 Å². The number of ether oxygens (including phenoxy) is 2. The molecule has 0 aliphatic carbocycles. The first-order valence-electron chi connectivity index (χ1n) is 14.5. The van der Waals surface area contributed by atoms with Crippen LogP contribution in [-0.2, 0) is 32.5 Å². The van der Waals surface area contributed by atoms with Crippen LogP contribution in [0.1, 0.15) is 22.3 Å². The third kappa shape index (κ3) is 10.9. The number of benzene rings is 4. The Kier molecular flexibility index (Phi) is 14.4. The molecule has 0 aromatic heterocycles. The summed E-state index contributed by atoms with van der Waals surface area (Å²) in [6.07, 6.45) is -0.335. The molecule has 45 heavy (non-hydrogen) atoms. The van der Waals surface area contributed by atoms with Crippen LogP contribution >= 0.6 is 93.5 Å². The molecule has 1 fully saturated rings. The van der Waals surface area contributed by atoms with Crippen LogP contribution in [-0.4, -0.2) is 41.0 Å². The van der Waals surface area contributed by atoms with Crippen LogP contribution in [0.15, 0.2) is 97.1 Å². The van der Waals surface area contributed by atoms with Crippen molar-refractivity contribution in [2.45, 2.75) is 51.2 Å². The van der Waals surface area contributed by atoms with Crippen LogP contribution in [0.25, 0.3) is 0 Å². The quantitative estimate of drug-likeness (QED) is 0.127. The molecule has 4 aromatic rings. The lowest BCUT2D eigenvalue weighted by molar-refractivity contribution is -0.165. The summed E-state index contributed by atoms with van der Waals surface area (Å²) in [5.74, 6) is 4.33. The highest BCUT2D eigenvalue weighted by Crippen LogP contribution is 2.45. The molecule has 1 aliphatic heterocycles. The van der Waals surface area contributed by atoms with Gasteiger partial charge in [0.05, 0.1) is 11.4 Å². The molecule has 1 saturated heterocycles. The van der Waals surface area contributed by atoms with Gasteiger partial charge in [-0.25, -0.2) is 0 Å². The van der Waals surface area contributed by atoms with E-state index in [0.29, 0.717) is 0 Å². The summed E-state index contributed by atoms with van der Waals surface area (Å²) in [6.45, 7) is 0. The molecule has 10 heteroatoms. The second-order valence-electron chi connectivity index (χ2n) is 10.6. The van der Waals surface area contributed by atoms with Gasteiger partial charge in [-0.05, 0) is 70.8 Å². The largest absolute Gasteiger partial charge is 0.355 e. The van der Waals surface area contributed by atoms with Gasteiger partial charge < -0.3 is 9.47 Å². The predicted octanol–water partition coefficient (Wildman–Crippen LogP) is 11.8. The lowest BCUT2D eigenvalue weighted by Gasteiger charge is -2.46. The zero-order chi connectivity index (χ0) is 31.6. The van der Waals surface area contributed by atoms with Crippen molar-refractivity contribution in [3.63, 3.8) is 0 Å². The van der Waals surface area contributed by atoms with E-state index in [0.717, 1.165) is 48.9 Å². The fourth-order valence-corrected chi connectivity index (χ4v) is 11.5. The fourth-order valence-electron chi connectivity index (χ4n) is 4.96. The van der Waals surface area contributed by atoms with Crippen LogP contribution < -0.4 is 0 Å². The van der Waals surface area contributed by atoms with Crippen molar-refractivity contribution < 1.29 is 9.47 Å². The van der Waals surface area contributed by atoms with E-state index in [9.17, 15) is 0 Å². The van der Waals surface area contributed by atoms with Gasteiger partial charge in [-0.3, -0.25) is 0 Å². The molecule has 0 amide bonds. The third-order valence-electron chi connectivity index (χ3n) is 7.35. The molecule has 1 heterocycles. The van der Waals surface area contributed by atoms with E-state index in [-0.39, 0.29) is 28.1 Å². The van der Waals surface area contributed by atoms with E-state index in [2.05, 4.69) is 48.5 Å². The molecule has 0 N–H and O–H groups in total. The predicted molar refractivity (Wildman–Crippen MR) is 203 cm³/mol. The average Bonchev–Trinajstić information content (AvgIpc) is 3.05. The minimum atomic E-state index is -0.335. The lowest BCUT2D eigenvalue weighted by atomic mass is 10.1. The normalized spacial score (nSPS) is 21.6. The van der Waals surface area contributed by atoms with Crippen molar-refractivity contribution in [2.24, 2.45) is 0 Å². The summed E-state index contributed by atoms with van der Waals surface area (Å²) in [6, 6.07) is 32.5. The number of methoxy groups -OCH3 is 1. The molecule has 5 rings (SSSR count). The summed E-state index contributed by atoms with van der Waals surface area (Å²) in [7, 11) is 1.76. The van der Waals surface area contributed by atoms with Crippen LogP contribution in [0, 0.1) is 0 Å². The minimum Gasteiger partial charge on any atom is -0.355 e. The summed E-state index contributed by atoms with van der Waals surface area (Å²) in [5.41, 5.74) is 4.98. The zero-order valence-electron chi connectivity index (χ0n) is 24.6. The Hall–Kier alpha value is -0.640. The number of hydrogen-bond acceptors (Lipinski definition) is 6. The lowest BCUT2D eigenvalue weighted by Crippen LogP contribution is -2.55. The average molecular weight is 757 g/mol. The van der Waals surface area contributed by atoms with E-state index >= 15 is 0 Å². The molecule has 238 valence electrons. The first kappa shape index (κ1) is 35.7. The van der Waals surface area contributed by atoms with Crippen LogP contribution in [0.2, 0.25) is 20.1 Å². The summed E-state index contributed by atoms with van der Waals surface area (Å²) in [5, 5.41) is 3.60. The summed E-state index contributed by atoms with van der Waals surface area (Å²) < 4.78 is 13.0. The van der Waals surface area contributed by atoms with Gasteiger partial charge >= 0.3 is 0 Å².